The number of thiophene rings is 1. The first kappa shape index (κ1) is 12.7. The number of hydrazine groups is 1. The number of hydrogen-bond acceptors (Lipinski definition) is 3. The van der Waals surface area contributed by atoms with Crippen molar-refractivity contribution < 1.29 is 4.39 Å². The van der Waals surface area contributed by atoms with E-state index in [-0.39, 0.29) is 11.9 Å². The summed E-state index contributed by atoms with van der Waals surface area (Å²) in [6.45, 7) is 1.75. The van der Waals surface area contributed by atoms with Crippen molar-refractivity contribution in [1.82, 2.24) is 5.43 Å². The summed E-state index contributed by atoms with van der Waals surface area (Å²) >= 11 is 5.08. The molecule has 17 heavy (non-hydrogen) atoms. The lowest BCUT2D eigenvalue weighted by atomic mass is 10.0. The minimum Gasteiger partial charge on any atom is -0.271 e. The molecule has 0 aliphatic heterocycles. The van der Waals surface area contributed by atoms with E-state index in [0.717, 1.165) is 14.9 Å². The van der Waals surface area contributed by atoms with Gasteiger partial charge in [-0.05, 0) is 51.5 Å². The van der Waals surface area contributed by atoms with Crippen molar-refractivity contribution in [2.24, 2.45) is 5.84 Å². The lowest BCUT2D eigenvalue weighted by Gasteiger charge is -2.16. The van der Waals surface area contributed by atoms with Crippen LogP contribution < -0.4 is 11.3 Å². The minimum atomic E-state index is -0.199. The zero-order chi connectivity index (χ0) is 12.4. The highest BCUT2D eigenvalue weighted by atomic mass is 79.9. The maximum Gasteiger partial charge on any atom is 0.126 e. The second kappa shape index (κ2) is 5.27. The van der Waals surface area contributed by atoms with Gasteiger partial charge in [0.25, 0.3) is 0 Å². The van der Waals surface area contributed by atoms with E-state index >= 15 is 0 Å². The number of rotatable bonds is 3. The second-order valence-electron chi connectivity index (χ2n) is 3.74. The van der Waals surface area contributed by atoms with Gasteiger partial charge in [-0.15, -0.1) is 11.3 Å². The topological polar surface area (TPSA) is 38.0 Å². The Bertz CT molecular complexity index is 527. The van der Waals surface area contributed by atoms with Gasteiger partial charge in [0.15, 0.2) is 0 Å². The van der Waals surface area contributed by atoms with Crippen molar-refractivity contribution in [1.29, 1.82) is 0 Å². The van der Waals surface area contributed by atoms with Gasteiger partial charge in [0.2, 0.25) is 0 Å². The summed E-state index contributed by atoms with van der Waals surface area (Å²) in [5, 5.41) is 1.99. The van der Waals surface area contributed by atoms with E-state index in [9.17, 15) is 4.39 Å². The number of aryl methyl sites for hydroxylation is 1. The second-order valence-corrected chi connectivity index (χ2v) is 5.54. The van der Waals surface area contributed by atoms with Crippen molar-refractivity contribution in [2.75, 3.05) is 0 Å². The molecule has 0 fully saturated rings. The van der Waals surface area contributed by atoms with Crippen LogP contribution in [0.3, 0.4) is 0 Å². The highest BCUT2D eigenvalue weighted by Crippen LogP contribution is 2.33. The van der Waals surface area contributed by atoms with Gasteiger partial charge in [0, 0.05) is 9.35 Å². The van der Waals surface area contributed by atoms with Crippen molar-refractivity contribution >= 4 is 27.3 Å². The Hall–Kier alpha value is -0.750. The molecular weight excluding hydrogens is 303 g/mol. The molecule has 0 aliphatic carbocycles. The fraction of sp³-hybridized carbons (Fsp3) is 0.167. The molecule has 5 heteroatoms. The van der Waals surface area contributed by atoms with Crippen LogP contribution in [0.1, 0.15) is 22.0 Å². The maximum atomic E-state index is 13.2. The first-order chi connectivity index (χ1) is 8.13. The number of halogens is 2. The molecule has 0 saturated heterocycles. The zero-order valence-corrected chi connectivity index (χ0v) is 11.6. The van der Waals surface area contributed by atoms with Crippen LogP contribution in [0.25, 0.3) is 0 Å². The Balaban J connectivity index is 2.42. The smallest absolute Gasteiger partial charge is 0.126 e. The molecule has 1 aromatic heterocycles. The molecule has 1 heterocycles. The molecule has 0 radical (unpaired) electrons. The minimum absolute atomic E-state index is 0.122. The van der Waals surface area contributed by atoms with E-state index in [1.165, 1.54) is 6.07 Å². The first-order valence-electron chi connectivity index (χ1n) is 5.08. The number of benzene rings is 1. The third kappa shape index (κ3) is 2.57. The first-order valence-corrected chi connectivity index (χ1v) is 6.76. The molecule has 1 unspecified atom stereocenters. The number of nitrogens with one attached hydrogen (secondary N) is 1. The van der Waals surface area contributed by atoms with Gasteiger partial charge in [0.05, 0.1) is 6.04 Å². The van der Waals surface area contributed by atoms with Crippen LogP contribution in [0, 0.1) is 12.7 Å². The summed E-state index contributed by atoms with van der Waals surface area (Å²) < 4.78 is 14.2. The van der Waals surface area contributed by atoms with Gasteiger partial charge in [-0.2, -0.15) is 0 Å². The average Bonchev–Trinajstić information content (AvgIpc) is 2.71. The van der Waals surface area contributed by atoms with Crippen molar-refractivity contribution in [3.8, 4) is 0 Å². The Morgan fingerprint density at radius 1 is 1.41 bits per heavy atom. The van der Waals surface area contributed by atoms with Crippen molar-refractivity contribution in [3.63, 3.8) is 0 Å². The summed E-state index contributed by atoms with van der Waals surface area (Å²) in [4.78, 5) is 1.08. The van der Waals surface area contributed by atoms with E-state index in [4.69, 9.17) is 5.84 Å². The fourth-order valence-electron chi connectivity index (χ4n) is 1.68. The molecule has 1 atom stereocenters. The average molecular weight is 315 g/mol. The quantitative estimate of drug-likeness (QED) is 0.672. The van der Waals surface area contributed by atoms with E-state index in [1.54, 1.807) is 24.3 Å². The Morgan fingerprint density at radius 3 is 2.71 bits per heavy atom. The number of hydrogen-bond donors (Lipinski definition) is 2. The Morgan fingerprint density at radius 2 is 2.18 bits per heavy atom. The molecule has 3 N–H and O–H groups in total. The van der Waals surface area contributed by atoms with E-state index in [1.807, 2.05) is 17.5 Å². The van der Waals surface area contributed by atoms with Gasteiger partial charge in [0.1, 0.15) is 5.82 Å². The Kier molecular flexibility index (Phi) is 3.93. The number of nitrogens with two attached hydrogens (primary N) is 1. The predicted octanol–water partition coefficient (Wildman–Crippen LogP) is 3.51. The van der Waals surface area contributed by atoms with Crippen LogP contribution in [0.2, 0.25) is 0 Å². The van der Waals surface area contributed by atoms with Crippen molar-refractivity contribution in [2.45, 2.75) is 13.0 Å². The van der Waals surface area contributed by atoms with Crippen LogP contribution in [0.4, 0.5) is 4.39 Å². The highest BCUT2D eigenvalue weighted by Gasteiger charge is 2.17. The van der Waals surface area contributed by atoms with Gasteiger partial charge < -0.3 is 0 Å². The molecule has 0 saturated carbocycles. The van der Waals surface area contributed by atoms with Crippen LogP contribution in [0.5, 0.6) is 0 Å². The maximum absolute atomic E-state index is 13.2. The summed E-state index contributed by atoms with van der Waals surface area (Å²) in [5.41, 5.74) is 4.34. The molecule has 2 aromatic rings. The summed E-state index contributed by atoms with van der Waals surface area (Å²) in [6.07, 6.45) is 0. The highest BCUT2D eigenvalue weighted by molar-refractivity contribution is 9.10. The predicted molar refractivity (Wildman–Crippen MR) is 72.3 cm³/mol. The van der Waals surface area contributed by atoms with E-state index < -0.39 is 0 Å². The standard InChI is InChI=1S/C12H12BrFN2S/c1-7-6-8(2-3-10(7)14)11(16-15)12-9(13)4-5-17-12/h2-6,11,16H,15H2,1H3. The summed E-state index contributed by atoms with van der Waals surface area (Å²) in [6, 6.07) is 6.88. The van der Waals surface area contributed by atoms with E-state index in [0.29, 0.717) is 5.56 Å². The SMILES string of the molecule is Cc1cc(C(NN)c2sccc2Br)ccc1F. The molecule has 0 amide bonds. The lowest BCUT2D eigenvalue weighted by Crippen LogP contribution is -2.28. The van der Waals surface area contributed by atoms with Crippen LogP contribution in [0.15, 0.2) is 34.1 Å². The van der Waals surface area contributed by atoms with Gasteiger partial charge >= 0.3 is 0 Å². The van der Waals surface area contributed by atoms with Crippen LogP contribution in [-0.2, 0) is 0 Å². The van der Waals surface area contributed by atoms with Crippen LogP contribution >= 0.6 is 27.3 Å². The lowest BCUT2D eigenvalue weighted by molar-refractivity contribution is 0.609. The fourth-order valence-corrected chi connectivity index (χ4v) is 3.37. The van der Waals surface area contributed by atoms with E-state index in [2.05, 4.69) is 21.4 Å². The molecule has 90 valence electrons. The van der Waals surface area contributed by atoms with Gasteiger partial charge in [-0.25, -0.2) is 9.82 Å². The molecule has 0 bridgehead atoms. The monoisotopic (exact) mass is 314 g/mol. The Labute approximate surface area is 112 Å². The molecule has 0 spiro atoms. The summed E-state index contributed by atoms with van der Waals surface area (Å²) in [5.74, 6) is 5.40. The third-order valence-electron chi connectivity index (χ3n) is 2.59. The van der Waals surface area contributed by atoms with Crippen molar-refractivity contribution in [3.05, 3.63) is 55.9 Å². The summed E-state index contributed by atoms with van der Waals surface area (Å²) in [7, 11) is 0. The normalized spacial score (nSPS) is 12.7. The van der Waals surface area contributed by atoms with Gasteiger partial charge in [-0.3, -0.25) is 5.84 Å². The molecule has 0 aliphatic rings. The van der Waals surface area contributed by atoms with Gasteiger partial charge in [-0.1, -0.05) is 12.1 Å². The zero-order valence-electron chi connectivity index (χ0n) is 9.21. The molecule has 2 nitrogen and oxygen atoms in total. The van der Waals surface area contributed by atoms with Crippen LogP contribution in [-0.4, -0.2) is 0 Å². The third-order valence-corrected chi connectivity index (χ3v) is 4.52. The largest absolute Gasteiger partial charge is 0.271 e. The molecule has 1 aromatic carbocycles. The molecular formula is C12H12BrFN2S. The molecule has 2 rings (SSSR count).